The van der Waals surface area contributed by atoms with E-state index in [4.69, 9.17) is 16.6 Å². The van der Waals surface area contributed by atoms with Gasteiger partial charge < -0.3 is 42.7 Å². The number of aliphatic carboxylic acids is 1. The number of amides is 4. The number of carboxylic acids is 1. The van der Waals surface area contributed by atoms with Crippen LogP contribution in [0.25, 0.3) is 0 Å². The van der Waals surface area contributed by atoms with Crippen LogP contribution in [-0.2, 0) is 30.4 Å². The number of primary amides is 1. The zero-order valence-electron chi connectivity index (χ0n) is 19.6. The molecule has 0 saturated heterocycles. The van der Waals surface area contributed by atoms with Crippen LogP contribution in [0.15, 0.2) is 24.3 Å². The van der Waals surface area contributed by atoms with Crippen molar-refractivity contribution in [2.45, 2.75) is 57.3 Å². The van der Waals surface area contributed by atoms with E-state index in [0.717, 1.165) is 0 Å². The average Bonchev–Trinajstić information content (AvgIpc) is 2.79. The first-order valence-electron chi connectivity index (χ1n) is 10.9. The molecule has 0 aromatic heterocycles. The summed E-state index contributed by atoms with van der Waals surface area (Å²) in [4.78, 5) is 60.8. The normalized spacial score (nSPS) is 14.3. The monoisotopic (exact) mass is 495 g/mol. The summed E-state index contributed by atoms with van der Waals surface area (Å²) < 4.78 is 0. The summed E-state index contributed by atoms with van der Waals surface area (Å²) >= 11 is 0. The van der Waals surface area contributed by atoms with Crippen LogP contribution in [-0.4, -0.2) is 75.7 Å². The Morgan fingerprint density at radius 2 is 1.49 bits per heavy atom. The second-order valence-corrected chi connectivity index (χ2v) is 8.36. The minimum absolute atomic E-state index is 0.00867. The number of benzene rings is 1. The number of phenols is 1. The van der Waals surface area contributed by atoms with E-state index < -0.39 is 66.3 Å². The number of carbonyl (C=O) groups excluding carboxylic acids is 4. The molecule has 1 rings (SSSR count). The van der Waals surface area contributed by atoms with Gasteiger partial charge in [-0.15, -0.1) is 0 Å². The van der Waals surface area contributed by atoms with Crippen LogP contribution >= 0.6 is 0 Å². The van der Waals surface area contributed by atoms with Gasteiger partial charge in [-0.2, -0.15) is 0 Å². The molecule has 4 amide bonds. The van der Waals surface area contributed by atoms with Crippen LogP contribution < -0.4 is 27.4 Å². The van der Waals surface area contributed by atoms with Crippen molar-refractivity contribution < 1.29 is 39.3 Å². The molecule has 4 unspecified atom stereocenters. The van der Waals surface area contributed by atoms with E-state index >= 15 is 0 Å². The number of carboxylic acid groups (broad SMARTS) is 1. The third kappa shape index (κ3) is 9.98. The van der Waals surface area contributed by atoms with Gasteiger partial charge in [0.25, 0.3) is 0 Å². The number of rotatable bonds is 14. The quantitative estimate of drug-likeness (QED) is 0.138. The predicted molar refractivity (Wildman–Crippen MR) is 124 cm³/mol. The Morgan fingerprint density at radius 1 is 0.914 bits per heavy atom. The lowest BCUT2D eigenvalue weighted by atomic mass is 10.0. The standard InChI is InChI=1S/C22H33N5O8/c1-11(2)18(27-19(31)14(23)10-28)21(33)25-15(7-8-17(24)30)20(32)26-16(22(34)35)9-12-3-5-13(29)6-4-12/h3-6,11,14-16,18,28-29H,7-10,23H2,1-2H3,(H2,24,30)(H,25,33)(H,26,32)(H,27,31)(H,34,35). The van der Waals surface area contributed by atoms with Crippen LogP contribution in [0, 0.1) is 5.92 Å². The topological polar surface area (TPSA) is 234 Å². The van der Waals surface area contributed by atoms with E-state index in [1.54, 1.807) is 13.8 Å². The third-order valence-corrected chi connectivity index (χ3v) is 5.08. The molecule has 10 N–H and O–H groups in total. The van der Waals surface area contributed by atoms with E-state index in [1.165, 1.54) is 24.3 Å². The number of aromatic hydroxyl groups is 1. The number of phenolic OH excluding ortho intramolecular Hbond substituents is 1. The molecule has 0 bridgehead atoms. The van der Waals surface area contributed by atoms with E-state index in [-0.39, 0.29) is 25.0 Å². The largest absolute Gasteiger partial charge is 0.508 e. The Kier molecular flexibility index (Phi) is 11.6. The molecule has 0 aliphatic carbocycles. The van der Waals surface area contributed by atoms with Crippen LogP contribution in [0.5, 0.6) is 5.75 Å². The van der Waals surface area contributed by atoms with Gasteiger partial charge in [-0.25, -0.2) is 4.79 Å². The van der Waals surface area contributed by atoms with Crippen molar-refractivity contribution in [3.63, 3.8) is 0 Å². The fourth-order valence-corrected chi connectivity index (χ4v) is 3.04. The van der Waals surface area contributed by atoms with E-state index in [2.05, 4.69) is 16.0 Å². The van der Waals surface area contributed by atoms with Crippen molar-refractivity contribution in [1.29, 1.82) is 0 Å². The summed E-state index contributed by atoms with van der Waals surface area (Å²) in [7, 11) is 0. The van der Waals surface area contributed by atoms with Crippen molar-refractivity contribution in [3.05, 3.63) is 29.8 Å². The summed E-state index contributed by atoms with van der Waals surface area (Å²) in [6, 6.07) is 0.646. The number of carbonyl (C=O) groups is 5. The molecule has 0 spiro atoms. The number of aliphatic hydroxyl groups is 1. The smallest absolute Gasteiger partial charge is 0.326 e. The van der Waals surface area contributed by atoms with Crippen molar-refractivity contribution in [1.82, 2.24) is 16.0 Å². The van der Waals surface area contributed by atoms with Gasteiger partial charge in [0.15, 0.2) is 0 Å². The summed E-state index contributed by atoms with van der Waals surface area (Å²) in [5.74, 6) is -4.94. The van der Waals surface area contributed by atoms with Gasteiger partial charge in [-0.05, 0) is 30.0 Å². The number of hydrogen-bond acceptors (Lipinski definition) is 8. The van der Waals surface area contributed by atoms with Gasteiger partial charge in [-0.1, -0.05) is 26.0 Å². The fourth-order valence-electron chi connectivity index (χ4n) is 3.04. The number of nitrogens with one attached hydrogen (secondary N) is 3. The molecule has 0 aliphatic rings. The lowest BCUT2D eigenvalue weighted by Crippen LogP contribution is -2.59. The zero-order valence-corrected chi connectivity index (χ0v) is 19.6. The van der Waals surface area contributed by atoms with Crippen molar-refractivity contribution in [2.75, 3.05) is 6.61 Å². The molecule has 35 heavy (non-hydrogen) atoms. The lowest BCUT2D eigenvalue weighted by molar-refractivity contribution is -0.142. The predicted octanol–water partition coefficient (Wildman–Crippen LogP) is -2.29. The van der Waals surface area contributed by atoms with Crippen LogP contribution in [0.4, 0.5) is 0 Å². The summed E-state index contributed by atoms with van der Waals surface area (Å²) in [6.07, 6.45) is -0.600. The highest BCUT2D eigenvalue weighted by molar-refractivity contribution is 5.94. The maximum absolute atomic E-state index is 12.9. The maximum atomic E-state index is 12.9. The summed E-state index contributed by atoms with van der Waals surface area (Å²) in [6.45, 7) is 2.62. The van der Waals surface area contributed by atoms with E-state index in [9.17, 15) is 34.2 Å². The van der Waals surface area contributed by atoms with Gasteiger partial charge in [0.1, 0.15) is 29.9 Å². The highest BCUT2D eigenvalue weighted by Crippen LogP contribution is 2.12. The molecule has 194 valence electrons. The van der Waals surface area contributed by atoms with Gasteiger partial charge in [0, 0.05) is 12.8 Å². The van der Waals surface area contributed by atoms with E-state index in [1.807, 2.05) is 0 Å². The maximum Gasteiger partial charge on any atom is 0.326 e. The van der Waals surface area contributed by atoms with Crippen molar-refractivity contribution in [3.8, 4) is 5.75 Å². The van der Waals surface area contributed by atoms with Gasteiger partial charge in [0.2, 0.25) is 23.6 Å². The third-order valence-electron chi connectivity index (χ3n) is 5.08. The van der Waals surface area contributed by atoms with E-state index in [0.29, 0.717) is 5.56 Å². The zero-order chi connectivity index (χ0) is 26.7. The molecule has 0 fully saturated rings. The number of aliphatic hydroxyl groups excluding tert-OH is 1. The van der Waals surface area contributed by atoms with Crippen LogP contribution in [0.1, 0.15) is 32.3 Å². The Hall–Kier alpha value is -3.71. The Labute approximate surface area is 202 Å². The molecule has 0 heterocycles. The number of hydrogen-bond donors (Lipinski definition) is 8. The number of nitrogens with two attached hydrogens (primary N) is 2. The summed E-state index contributed by atoms with van der Waals surface area (Å²) in [5, 5.41) is 35.1. The molecule has 0 aliphatic heterocycles. The summed E-state index contributed by atoms with van der Waals surface area (Å²) in [5.41, 5.74) is 11.2. The van der Waals surface area contributed by atoms with Gasteiger partial charge in [-0.3, -0.25) is 19.2 Å². The first-order chi connectivity index (χ1) is 16.3. The van der Waals surface area contributed by atoms with Crippen LogP contribution in [0.3, 0.4) is 0 Å². The molecule has 1 aromatic rings. The Balaban J connectivity index is 3.02. The molecule has 13 nitrogen and oxygen atoms in total. The van der Waals surface area contributed by atoms with Gasteiger partial charge in [0.05, 0.1) is 6.61 Å². The second kappa shape index (κ2) is 13.9. The first-order valence-corrected chi connectivity index (χ1v) is 10.9. The highest BCUT2D eigenvalue weighted by Gasteiger charge is 2.31. The minimum Gasteiger partial charge on any atom is -0.508 e. The minimum atomic E-state index is -1.37. The van der Waals surface area contributed by atoms with Crippen molar-refractivity contribution >= 4 is 29.6 Å². The molecule has 0 saturated carbocycles. The Morgan fingerprint density at radius 3 is 1.97 bits per heavy atom. The fraction of sp³-hybridized carbons (Fsp3) is 0.500. The van der Waals surface area contributed by atoms with Gasteiger partial charge >= 0.3 is 5.97 Å². The molecular formula is C22H33N5O8. The molecule has 4 atom stereocenters. The SMILES string of the molecule is CC(C)C(NC(=O)C(N)CO)C(=O)NC(CCC(N)=O)C(=O)NC(Cc1ccc(O)cc1)C(=O)O. The molecular weight excluding hydrogens is 462 g/mol. The molecule has 0 radical (unpaired) electrons. The second-order valence-electron chi connectivity index (χ2n) is 8.36. The average molecular weight is 496 g/mol. The molecule has 13 heteroatoms. The first kappa shape index (κ1) is 29.3. The Bertz CT molecular complexity index is 906. The van der Waals surface area contributed by atoms with Crippen LogP contribution in [0.2, 0.25) is 0 Å². The molecule has 1 aromatic carbocycles. The van der Waals surface area contributed by atoms with Crippen molar-refractivity contribution in [2.24, 2.45) is 17.4 Å². The lowest BCUT2D eigenvalue weighted by Gasteiger charge is -2.26. The highest BCUT2D eigenvalue weighted by atomic mass is 16.4.